The second-order valence-electron chi connectivity index (χ2n) is 7.76. The van der Waals surface area contributed by atoms with Crippen LogP contribution in [0.5, 0.6) is 0 Å². The number of pyridine rings is 1. The van der Waals surface area contributed by atoms with Gasteiger partial charge in [0.1, 0.15) is 17.8 Å². The molecule has 0 N–H and O–H groups in total. The fourth-order valence-electron chi connectivity index (χ4n) is 4.06. The summed E-state index contributed by atoms with van der Waals surface area (Å²) in [6.07, 6.45) is 2.01. The molecule has 4 nitrogen and oxygen atoms in total. The van der Waals surface area contributed by atoms with E-state index in [9.17, 15) is 13.2 Å². The van der Waals surface area contributed by atoms with Crippen molar-refractivity contribution < 1.29 is 13.2 Å². The lowest BCUT2D eigenvalue weighted by Gasteiger charge is -2.44. The van der Waals surface area contributed by atoms with Gasteiger partial charge in [-0.2, -0.15) is 10.2 Å². The van der Waals surface area contributed by atoms with Crippen LogP contribution in [0.3, 0.4) is 0 Å². The molecule has 1 fully saturated rings. The van der Waals surface area contributed by atoms with Crippen molar-refractivity contribution in [3.63, 3.8) is 0 Å². The molecule has 0 spiro atoms. The lowest BCUT2D eigenvalue weighted by atomic mass is 9.62. The van der Waals surface area contributed by atoms with Crippen LogP contribution in [-0.4, -0.2) is 21.4 Å². The number of nitrogens with zero attached hydrogens (tertiary/aromatic N) is 4. The average Bonchev–Trinajstić information content (AvgIpc) is 2.71. The zero-order valence-corrected chi connectivity index (χ0v) is 16.4. The summed E-state index contributed by atoms with van der Waals surface area (Å²) in [6, 6.07) is 9.02. The van der Waals surface area contributed by atoms with Crippen LogP contribution in [0.2, 0.25) is 0 Å². The van der Waals surface area contributed by atoms with Gasteiger partial charge in [-0.15, -0.1) is 0 Å². The average molecular weight is 408 g/mol. The smallest absolute Gasteiger partial charge is 0.191 e. The van der Waals surface area contributed by atoms with Crippen molar-refractivity contribution in [2.45, 2.75) is 44.2 Å². The van der Waals surface area contributed by atoms with Gasteiger partial charge >= 0.3 is 0 Å². The molecule has 1 aliphatic carbocycles. The number of aryl methyl sites for hydroxylation is 2. The first kappa shape index (κ1) is 20.0. The number of benzene rings is 1. The van der Waals surface area contributed by atoms with E-state index in [2.05, 4.69) is 20.0 Å². The fourth-order valence-corrected chi connectivity index (χ4v) is 4.06. The van der Waals surface area contributed by atoms with E-state index in [4.69, 9.17) is 6.57 Å². The molecule has 2 heterocycles. The predicted octanol–water partition coefficient (Wildman–Crippen LogP) is 5.68. The Morgan fingerprint density at radius 2 is 1.93 bits per heavy atom. The molecular weight excluding hydrogens is 389 g/mol. The minimum atomic E-state index is -0.957. The van der Waals surface area contributed by atoms with E-state index in [1.165, 1.54) is 30.5 Å². The van der Waals surface area contributed by atoms with Gasteiger partial charge in [0.25, 0.3) is 0 Å². The van der Waals surface area contributed by atoms with Gasteiger partial charge in [-0.25, -0.2) is 18.0 Å². The Bertz CT molecular complexity index is 1120. The summed E-state index contributed by atoms with van der Waals surface area (Å²) in [4.78, 5) is 7.56. The van der Waals surface area contributed by atoms with Gasteiger partial charge in [0.15, 0.2) is 5.69 Å². The van der Waals surface area contributed by atoms with Gasteiger partial charge in [-0.1, -0.05) is 0 Å². The van der Waals surface area contributed by atoms with Crippen LogP contribution in [0.4, 0.5) is 18.9 Å². The topological polar surface area (TPSA) is 43.0 Å². The number of alkyl halides is 1. The van der Waals surface area contributed by atoms with E-state index >= 15 is 0 Å². The summed E-state index contributed by atoms with van der Waals surface area (Å²) in [5.74, 6) is -0.883. The lowest BCUT2D eigenvalue weighted by Crippen LogP contribution is -2.44. The molecule has 1 saturated carbocycles. The Morgan fingerprint density at radius 1 is 1.13 bits per heavy atom. The number of hydrogen-bond donors (Lipinski definition) is 0. The van der Waals surface area contributed by atoms with E-state index in [-0.39, 0.29) is 18.4 Å². The summed E-state index contributed by atoms with van der Waals surface area (Å²) in [6.45, 7) is 8.87. The highest BCUT2D eigenvalue weighted by molar-refractivity contribution is 5.68. The third-order valence-electron chi connectivity index (χ3n) is 5.75. The molecule has 1 aliphatic rings. The Morgan fingerprint density at radius 3 is 2.57 bits per heavy atom. The van der Waals surface area contributed by atoms with Gasteiger partial charge < -0.3 is 0 Å². The maximum Gasteiger partial charge on any atom is 0.191 e. The molecule has 0 amide bonds. The summed E-state index contributed by atoms with van der Waals surface area (Å²) in [7, 11) is 0. The van der Waals surface area contributed by atoms with Crippen LogP contribution in [0.15, 0.2) is 42.6 Å². The van der Waals surface area contributed by atoms with Gasteiger partial charge in [0, 0.05) is 17.2 Å². The molecule has 7 heteroatoms. The largest absolute Gasteiger partial charge is 0.258 e. The van der Waals surface area contributed by atoms with E-state index in [0.717, 1.165) is 0 Å². The van der Waals surface area contributed by atoms with E-state index in [1.54, 1.807) is 19.1 Å². The monoisotopic (exact) mass is 408 g/mol. The molecule has 0 aliphatic heterocycles. The van der Waals surface area contributed by atoms with Crippen LogP contribution >= 0.6 is 0 Å². The summed E-state index contributed by atoms with van der Waals surface area (Å²) in [5, 5.41) is 8.28. The highest BCUT2D eigenvalue weighted by Crippen LogP contribution is 2.48. The normalized spacial score (nSPS) is 20.4. The van der Waals surface area contributed by atoms with Gasteiger partial charge in [0.05, 0.1) is 23.7 Å². The van der Waals surface area contributed by atoms with Crippen molar-refractivity contribution in [3.05, 3.63) is 82.6 Å². The van der Waals surface area contributed by atoms with Crippen LogP contribution in [-0.2, 0) is 11.8 Å². The van der Waals surface area contributed by atoms with Crippen LogP contribution in [0.25, 0.3) is 16.1 Å². The van der Waals surface area contributed by atoms with Crippen molar-refractivity contribution in [1.29, 1.82) is 0 Å². The first-order valence-corrected chi connectivity index (χ1v) is 9.67. The van der Waals surface area contributed by atoms with Crippen LogP contribution in [0, 0.1) is 25.1 Å². The molecular formula is C23H19F3N4. The molecule has 30 heavy (non-hydrogen) atoms. The van der Waals surface area contributed by atoms with E-state index < -0.39 is 23.2 Å². The SMILES string of the molecule is [C-]#[N+]c1cc(-c2ccc(CCC3(c4ncccc4F)CC(F)C3)nn2)c(F)cc1C. The minimum absolute atomic E-state index is 0.219. The van der Waals surface area contributed by atoms with Crippen molar-refractivity contribution >= 4 is 5.69 Å². The maximum atomic E-state index is 14.3. The molecule has 0 bridgehead atoms. The molecule has 0 radical (unpaired) electrons. The third kappa shape index (κ3) is 3.65. The first-order chi connectivity index (χ1) is 14.4. The van der Waals surface area contributed by atoms with Crippen molar-refractivity contribution in [2.75, 3.05) is 0 Å². The highest BCUT2D eigenvalue weighted by atomic mass is 19.1. The number of hydrogen-bond acceptors (Lipinski definition) is 3. The van der Waals surface area contributed by atoms with Crippen molar-refractivity contribution in [3.8, 4) is 11.3 Å². The Hall–Kier alpha value is -3.27. The van der Waals surface area contributed by atoms with E-state index in [1.807, 2.05) is 0 Å². The predicted molar refractivity (Wildman–Crippen MR) is 107 cm³/mol. The van der Waals surface area contributed by atoms with Gasteiger partial charge in [0.2, 0.25) is 0 Å². The molecule has 1 aromatic carbocycles. The quantitative estimate of drug-likeness (QED) is 0.510. The summed E-state index contributed by atoms with van der Waals surface area (Å²) in [5.41, 5.74) is 1.79. The minimum Gasteiger partial charge on any atom is -0.258 e. The molecule has 4 rings (SSSR count). The summed E-state index contributed by atoms with van der Waals surface area (Å²) < 4.78 is 42.3. The highest BCUT2D eigenvalue weighted by Gasteiger charge is 2.48. The number of halogens is 3. The zero-order valence-electron chi connectivity index (χ0n) is 16.4. The molecule has 0 atom stereocenters. The van der Waals surface area contributed by atoms with Crippen LogP contribution < -0.4 is 0 Å². The fraction of sp³-hybridized carbons (Fsp3) is 0.304. The molecule has 2 aromatic heterocycles. The van der Waals surface area contributed by atoms with Gasteiger partial charge in [-0.3, -0.25) is 4.98 Å². The zero-order chi connectivity index (χ0) is 21.3. The Balaban J connectivity index is 1.53. The van der Waals surface area contributed by atoms with Gasteiger partial charge in [-0.05, 0) is 74.6 Å². The van der Waals surface area contributed by atoms with E-state index in [0.29, 0.717) is 41.2 Å². The molecule has 3 aromatic rings. The number of aromatic nitrogens is 3. The summed E-state index contributed by atoms with van der Waals surface area (Å²) >= 11 is 0. The molecule has 0 saturated heterocycles. The maximum absolute atomic E-state index is 14.3. The molecule has 152 valence electrons. The second kappa shape index (κ2) is 7.86. The second-order valence-corrected chi connectivity index (χ2v) is 7.76. The molecule has 0 unspecified atom stereocenters. The third-order valence-corrected chi connectivity index (χ3v) is 5.75. The number of rotatable bonds is 5. The van der Waals surface area contributed by atoms with Crippen molar-refractivity contribution in [1.82, 2.24) is 15.2 Å². The van der Waals surface area contributed by atoms with Crippen LogP contribution in [0.1, 0.15) is 36.2 Å². The Kier molecular flexibility index (Phi) is 5.25. The standard InChI is InChI=1S/C23H19F3N4/c1-14-10-19(26)17(11-21(14)27-2)20-6-5-16(29-30-20)7-8-23(12-15(24)13-23)22-18(25)4-3-9-28-22/h3-6,9-11,15H,7-8,12-13H2,1H3. The Labute approximate surface area is 172 Å². The lowest BCUT2D eigenvalue weighted by molar-refractivity contribution is 0.0794. The first-order valence-electron chi connectivity index (χ1n) is 9.67. The van der Waals surface area contributed by atoms with Crippen molar-refractivity contribution in [2.24, 2.45) is 0 Å².